The minimum atomic E-state index is -4.79. The zero-order valence-electron chi connectivity index (χ0n) is 81.2. The third kappa shape index (κ3) is 18.6. The number of aryl methyl sites for hydroxylation is 4. The molecule has 17 aromatic rings. The molecule has 0 spiro atoms. The van der Waals surface area contributed by atoms with Crippen molar-refractivity contribution in [2.45, 2.75) is 203 Å². The summed E-state index contributed by atoms with van der Waals surface area (Å²) in [7, 11) is 0. The fraction of sp³-hybridized carbons (Fsp3) is 0.312. The molecule has 29 heteroatoms. The van der Waals surface area contributed by atoms with Gasteiger partial charge in [0.15, 0.2) is 29.7 Å². The quantitative estimate of drug-likeness (QED) is 0.0672. The first-order valence-electron chi connectivity index (χ1n) is 46.7. The van der Waals surface area contributed by atoms with E-state index < -0.39 is 77.1 Å². The van der Waals surface area contributed by atoms with Crippen LogP contribution in [0, 0.1) is 27.7 Å². The van der Waals surface area contributed by atoms with E-state index in [1.54, 1.807) is 79.5 Å². The van der Waals surface area contributed by atoms with Crippen LogP contribution >= 0.6 is 0 Å². The van der Waals surface area contributed by atoms with Gasteiger partial charge in [-0.2, -0.15) is 13.2 Å². The van der Waals surface area contributed by atoms with Gasteiger partial charge in [0.1, 0.15) is 35.3 Å². The van der Waals surface area contributed by atoms with Gasteiger partial charge in [-0.1, -0.05) is 23.4 Å². The van der Waals surface area contributed by atoms with Gasteiger partial charge in [0, 0.05) is 145 Å². The van der Waals surface area contributed by atoms with Crippen molar-refractivity contribution in [1.29, 1.82) is 0 Å². The molecule has 0 radical (unpaired) electrons. The first-order valence-corrected chi connectivity index (χ1v) is 46.7. The Morgan fingerprint density at radius 1 is 0.397 bits per heavy atom. The molecule has 0 fully saturated rings. The van der Waals surface area contributed by atoms with E-state index in [9.17, 15) is 52.1 Å². The molecule has 0 saturated carbocycles. The van der Waals surface area contributed by atoms with E-state index in [2.05, 4.69) is 30.2 Å². The summed E-state index contributed by atoms with van der Waals surface area (Å²) in [5.74, 6) is -0.632. The number of fused-ring (bicyclic) bond motifs is 6. The number of nitrogens with zero attached hydrogens (tertiary/aromatic N) is 10. The number of halogens is 4. The van der Waals surface area contributed by atoms with Crippen molar-refractivity contribution in [3.05, 3.63) is 261 Å². The van der Waals surface area contributed by atoms with Gasteiger partial charge in [-0.15, -0.1) is 5.10 Å². The van der Waals surface area contributed by atoms with Crippen LogP contribution in [0.5, 0.6) is 23.0 Å². The van der Waals surface area contributed by atoms with E-state index in [1.165, 1.54) is 23.6 Å². The Balaban J connectivity index is 0.000000124. The number of carbonyl (C=O) groups excluding carboxylic acids is 1. The highest BCUT2D eigenvalue weighted by Gasteiger charge is 2.52. The van der Waals surface area contributed by atoms with Gasteiger partial charge in [0.05, 0.1) is 105 Å². The van der Waals surface area contributed by atoms with Gasteiger partial charge in [-0.3, -0.25) is 34.7 Å². The minimum absolute atomic E-state index is 0.0883. The lowest BCUT2D eigenvalue weighted by molar-refractivity contribution is -0.277. The maximum absolute atomic E-state index is 14.2. The van der Waals surface area contributed by atoms with Gasteiger partial charge in [-0.25, -0.2) is 28.3 Å². The number of aromatic nitrogens is 10. The lowest BCUT2D eigenvalue weighted by Gasteiger charge is -2.32. The maximum Gasteiger partial charge on any atom is 0.416 e. The Morgan fingerprint density at radius 2 is 0.730 bits per heavy atom. The van der Waals surface area contributed by atoms with E-state index in [-0.39, 0.29) is 11.3 Å². The van der Waals surface area contributed by atoms with Crippen molar-refractivity contribution in [1.82, 2.24) is 49.7 Å². The van der Waals surface area contributed by atoms with Crippen molar-refractivity contribution in [3.63, 3.8) is 0 Å². The number of alkyl halides is 4. The summed E-state index contributed by atoms with van der Waals surface area (Å²) in [6.07, 6.45) is 4.26. The van der Waals surface area contributed by atoms with Crippen molar-refractivity contribution in [2.24, 2.45) is 0 Å². The molecular weight excluding hydrogens is 1800 g/mol. The number of rotatable bonds is 18. The third-order valence-electron chi connectivity index (χ3n) is 25.8. The van der Waals surface area contributed by atoms with Crippen LogP contribution in [0.15, 0.2) is 189 Å². The van der Waals surface area contributed by atoms with Crippen LogP contribution in [-0.4, -0.2) is 144 Å². The molecule has 5 atom stereocenters. The number of pyridine rings is 8. The summed E-state index contributed by atoms with van der Waals surface area (Å²) in [5, 5.41) is 45.9. The van der Waals surface area contributed by atoms with E-state index in [4.69, 9.17) is 52.8 Å². The van der Waals surface area contributed by atoms with E-state index >= 15 is 0 Å². The van der Waals surface area contributed by atoms with E-state index in [1.807, 2.05) is 211 Å². The van der Waals surface area contributed by atoms with Crippen molar-refractivity contribution in [2.75, 3.05) is 26.4 Å². The summed E-state index contributed by atoms with van der Waals surface area (Å²) in [5.41, 5.74) is 18.0. The van der Waals surface area contributed by atoms with E-state index in [0.29, 0.717) is 94.0 Å². The number of carboxylic acids is 3. The number of hydrogen-bond acceptors (Lipinski definition) is 21. The van der Waals surface area contributed by atoms with E-state index in [0.717, 1.165) is 182 Å². The van der Waals surface area contributed by atoms with Crippen LogP contribution in [-0.2, 0) is 63.8 Å². The lowest BCUT2D eigenvalue weighted by atomic mass is 9.85. The molecule has 4 aliphatic heterocycles. The highest BCUT2D eigenvalue weighted by molar-refractivity contribution is 6.13. The molecule has 9 aromatic heterocycles. The molecule has 1 unspecified atom stereocenters. The number of aliphatic carboxylic acids is 3. The van der Waals surface area contributed by atoms with Crippen LogP contribution in [0.1, 0.15) is 193 Å². The predicted molar refractivity (Wildman–Crippen MR) is 532 cm³/mol. The topological polar surface area (TPSA) is 323 Å². The SMILES string of the molecule is CC(=O)[C@@H](OC(C)(C)C)c1c(C)cc2nc(C(C)F)ccc2c1-c1ccc2c3c(ccnc13)CCO2.Cc1cc2c(ccc3cnnn32)c(-c2ccc3c4c(ccnc24)CCO3)c1[C@H](OC(C)(C)C)C(=O)O.Cc1cc2ncccc2c(-c2ccc3c4c(ccnc24)CCO3)c1[C@@H](OC(C)(C)C(F)(F)F)C(=O)O.Cc1cc2ncccc2c(-c2ccc3c4c(ccnc24)CCO3)c1[C@H](OC(C)(C)C)C(=O)O. The standard InChI is InChI=1S/C30H31FN2O3.C28H26N4O4.C27H23F3N2O4.C27H26N2O4/c1-16-15-23-20(7-9-22(33-23)17(2)31)27(25(16)29(18(3)34)36-30(4,5)6)21-8-10-24-26-19(12-14-35-24)11-13-32-28(21)26;1-15-13-20-18(6-5-17-14-30-31-32(17)20)24(22(15)26(27(33)34)36-28(2,3)4)19-7-8-21-23-16(10-12-35-21)9-11-29-25(19)23;1-14-13-18-16(5-4-10-31-18)22(20(14)24(25(33)34)36-26(2,3)27(28,29)30)17-6-7-19-21-15(9-12-35-19)8-11-32-23(17)21;1-15-14-19-17(6-5-11-28-19)23(21(15)25(26(30)31)33-27(2,3)4)18-7-8-20-22-16(10-13-32-20)9-12-29-24(18)22/h7-11,13,15,17,29H,12,14H2,1-6H3;5-9,11,13-14,26H,10,12H2,1-4H3,(H,33,34);4-8,10-11,13,24H,9,12H2,1-3H3,(H,33,34);5-9,11-12,14,25H,10,13H2,1-4H3,(H,30,31)/t17?,29-;26-;24-;25-/m1010/s1. The van der Waals surface area contributed by atoms with Gasteiger partial charge in [-0.05, 0) is 317 Å². The molecule has 0 saturated heterocycles. The zero-order chi connectivity index (χ0) is 100. The number of hydrogen-bond donors (Lipinski definition) is 3. The van der Waals surface area contributed by atoms with Crippen LogP contribution in [0.2, 0.25) is 0 Å². The predicted octanol–water partition coefficient (Wildman–Crippen LogP) is 24.3. The Bertz CT molecular complexity index is 7920. The summed E-state index contributed by atoms with van der Waals surface area (Å²) in [4.78, 5) is 83.1. The molecular formula is C112H106F4N10O15. The third-order valence-corrected chi connectivity index (χ3v) is 25.8. The van der Waals surface area contributed by atoms with Crippen molar-refractivity contribution >= 4 is 116 Å². The summed E-state index contributed by atoms with van der Waals surface area (Å²) in [6.45, 7) is 31.5. The largest absolute Gasteiger partial charge is 0.493 e. The molecule has 13 heterocycles. The molecule has 0 aliphatic carbocycles. The van der Waals surface area contributed by atoms with Gasteiger partial charge < -0.3 is 53.2 Å². The monoisotopic (exact) mass is 1910 g/mol. The molecule has 722 valence electrons. The number of Topliss-reactive ketones (excluding diaryl/α,β-unsaturated/α-hetero) is 1. The van der Waals surface area contributed by atoms with Crippen molar-refractivity contribution < 1.29 is 90.0 Å². The molecule has 0 bridgehead atoms. The van der Waals surface area contributed by atoms with Crippen LogP contribution in [0.3, 0.4) is 0 Å². The first kappa shape index (κ1) is 96.6. The Kier molecular flexibility index (Phi) is 25.7. The highest BCUT2D eigenvalue weighted by atomic mass is 19.4. The molecule has 21 rings (SSSR count). The average Bonchev–Trinajstić information content (AvgIpc) is 1.52. The second-order valence-electron chi connectivity index (χ2n) is 39.4. The zero-order valence-corrected chi connectivity index (χ0v) is 81.2. The number of ketones is 1. The van der Waals surface area contributed by atoms with Gasteiger partial charge in [0.25, 0.3) is 0 Å². The normalized spacial score (nSPS) is 14.6. The van der Waals surface area contributed by atoms with Crippen molar-refractivity contribution in [3.8, 4) is 67.5 Å². The number of ether oxygens (including phenoxy) is 8. The molecule has 4 aliphatic rings. The Labute approximate surface area is 809 Å². The fourth-order valence-electron chi connectivity index (χ4n) is 19.7. The Morgan fingerprint density at radius 3 is 1.09 bits per heavy atom. The summed E-state index contributed by atoms with van der Waals surface area (Å²) < 4.78 is 105. The molecule has 141 heavy (non-hydrogen) atoms. The summed E-state index contributed by atoms with van der Waals surface area (Å²) in [6, 6.07) is 45.7. The maximum atomic E-state index is 14.2. The van der Waals surface area contributed by atoms with Crippen LogP contribution in [0.4, 0.5) is 17.6 Å². The molecule has 0 amide bonds. The van der Waals surface area contributed by atoms with Crippen LogP contribution < -0.4 is 18.9 Å². The Hall–Kier alpha value is -14.7. The smallest absolute Gasteiger partial charge is 0.416 e. The molecule has 3 N–H and O–H groups in total. The summed E-state index contributed by atoms with van der Waals surface area (Å²) >= 11 is 0. The number of carboxylic acid groups (broad SMARTS) is 3. The first-order chi connectivity index (χ1) is 67.0. The van der Waals surface area contributed by atoms with Crippen LogP contribution in [0.25, 0.3) is 137 Å². The van der Waals surface area contributed by atoms with Gasteiger partial charge in [0.2, 0.25) is 0 Å². The number of benzene rings is 8. The number of carbonyl (C=O) groups is 4. The molecule has 8 aromatic carbocycles. The average molecular weight is 1910 g/mol. The fourth-order valence-corrected chi connectivity index (χ4v) is 19.7. The lowest BCUT2D eigenvalue weighted by Crippen LogP contribution is -2.44. The second kappa shape index (κ2) is 37.5. The minimum Gasteiger partial charge on any atom is -0.493 e. The highest BCUT2D eigenvalue weighted by Crippen LogP contribution is 2.53. The molecule has 25 nitrogen and oxygen atoms in total. The van der Waals surface area contributed by atoms with Gasteiger partial charge >= 0.3 is 24.1 Å². The second-order valence-corrected chi connectivity index (χ2v) is 39.4.